The molecule has 2 aliphatic rings. The van der Waals surface area contributed by atoms with Gasteiger partial charge in [0.15, 0.2) is 0 Å². The number of rotatable bonds is 27. The fourth-order valence-electron chi connectivity index (χ4n) is 7.48. The minimum atomic E-state index is -0.539. The summed E-state index contributed by atoms with van der Waals surface area (Å²) >= 11 is 0. The molecule has 1 fully saturated rings. The van der Waals surface area contributed by atoms with Crippen molar-refractivity contribution >= 4 is 30.1 Å². The molecule has 340 valence electrons. The first-order chi connectivity index (χ1) is 31.4. The van der Waals surface area contributed by atoms with Crippen molar-refractivity contribution in [3.8, 4) is 0 Å². The molecule has 0 aliphatic carbocycles. The Labute approximate surface area is 375 Å². The summed E-state index contributed by atoms with van der Waals surface area (Å²) in [7, 11) is 0. The molecule has 1 saturated heterocycles. The van der Waals surface area contributed by atoms with Gasteiger partial charge in [-0.3, -0.25) is 19.8 Å². The van der Waals surface area contributed by atoms with Crippen LogP contribution in [0.5, 0.6) is 0 Å². The molecule has 0 radical (unpaired) electrons. The van der Waals surface area contributed by atoms with Crippen molar-refractivity contribution in [1.82, 2.24) is 31.1 Å². The number of hydrogen-bond acceptors (Lipinski definition) is 11. The molecule has 6 rings (SSSR count). The van der Waals surface area contributed by atoms with Gasteiger partial charge in [-0.2, -0.15) is 0 Å². The standard InChI is InChI=1S/C49H60N6O9/c56-45-40-24-11-12-25-41(40)46(57)55(45)32-14-4-13-29-51-44-43(64-44)42(26-15-27-50-28-16-30-52-47(58)61-34-37-18-5-1-6-19-37)54(49(60)63-36-39-22-9-3-10-23-39)33-17-31-53-48(59)62-35-38-20-7-2-8-21-38/h1-3,5-12,18-25,42-44,50-51H,4,13-17,26-36H2,(H,52,58)(H,53,59). The van der Waals surface area contributed by atoms with Crippen LogP contribution in [0.25, 0.3) is 0 Å². The lowest BCUT2D eigenvalue weighted by Gasteiger charge is -2.30. The van der Waals surface area contributed by atoms with E-state index in [0.29, 0.717) is 76.1 Å². The monoisotopic (exact) mass is 876 g/mol. The Morgan fingerprint density at radius 2 is 1.09 bits per heavy atom. The summed E-state index contributed by atoms with van der Waals surface area (Å²) in [5, 5.41) is 12.5. The van der Waals surface area contributed by atoms with E-state index in [-0.39, 0.29) is 56.6 Å². The maximum atomic E-state index is 13.9. The van der Waals surface area contributed by atoms with Crippen LogP contribution in [0.1, 0.15) is 82.4 Å². The van der Waals surface area contributed by atoms with Crippen molar-refractivity contribution in [2.75, 3.05) is 45.8 Å². The molecule has 4 N–H and O–H groups in total. The molecule has 2 heterocycles. The molecule has 0 aromatic heterocycles. The van der Waals surface area contributed by atoms with Crippen LogP contribution in [0.15, 0.2) is 115 Å². The van der Waals surface area contributed by atoms with E-state index >= 15 is 0 Å². The molecule has 4 aromatic carbocycles. The predicted octanol–water partition coefficient (Wildman–Crippen LogP) is 6.78. The second kappa shape index (κ2) is 25.7. The van der Waals surface area contributed by atoms with Crippen molar-refractivity contribution in [3.05, 3.63) is 143 Å². The van der Waals surface area contributed by atoms with Gasteiger partial charge in [-0.1, -0.05) is 110 Å². The minimum absolute atomic E-state index is 0.107. The summed E-state index contributed by atoms with van der Waals surface area (Å²) in [6, 6.07) is 35.0. The fraction of sp³-hybridized carbons (Fsp3) is 0.408. The lowest BCUT2D eigenvalue weighted by atomic mass is 10.0. The molecule has 3 unspecified atom stereocenters. The normalized spacial score (nSPS) is 15.5. The van der Waals surface area contributed by atoms with Crippen LogP contribution in [0.3, 0.4) is 0 Å². The van der Waals surface area contributed by atoms with Crippen LogP contribution in [0.4, 0.5) is 14.4 Å². The van der Waals surface area contributed by atoms with Gasteiger partial charge in [-0.25, -0.2) is 14.4 Å². The Hall–Kier alpha value is -6.29. The summed E-state index contributed by atoms with van der Waals surface area (Å²) in [5.74, 6) is -0.484. The topological polar surface area (TPSA) is 180 Å². The molecule has 4 aromatic rings. The van der Waals surface area contributed by atoms with E-state index in [1.165, 1.54) is 4.90 Å². The maximum absolute atomic E-state index is 13.9. The van der Waals surface area contributed by atoms with E-state index in [1.54, 1.807) is 29.2 Å². The molecular weight excluding hydrogens is 817 g/mol. The number of imide groups is 1. The van der Waals surface area contributed by atoms with Gasteiger partial charge in [-0.15, -0.1) is 0 Å². The highest BCUT2D eigenvalue weighted by molar-refractivity contribution is 6.21. The largest absolute Gasteiger partial charge is 0.445 e. The van der Waals surface area contributed by atoms with Crippen molar-refractivity contribution in [2.24, 2.45) is 0 Å². The van der Waals surface area contributed by atoms with Crippen molar-refractivity contribution in [3.63, 3.8) is 0 Å². The maximum Gasteiger partial charge on any atom is 0.410 e. The molecule has 0 spiro atoms. The van der Waals surface area contributed by atoms with Gasteiger partial charge in [0.25, 0.3) is 11.8 Å². The highest BCUT2D eigenvalue weighted by Crippen LogP contribution is 2.30. The number of unbranched alkanes of at least 4 members (excludes halogenated alkanes) is 2. The molecule has 2 aliphatic heterocycles. The first-order valence-corrected chi connectivity index (χ1v) is 22.3. The Balaban J connectivity index is 0.982. The molecule has 3 atom stereocenters. The lowest BCUT2D eigenvalue weighted by molar-refractivity contribution is 0.0649. The van der Waals surface area contributed by atoms with Gasteiger partial charge in [0.05, 0.1) is 17.2 Å². The van der Waals surface area contributed by atoms with E-state index in [4.69, 9.17) is 18.9 Å². The number of ether oxygens (including phenoxy) is 4. The molecule has 15 nitrogen and oxygen atoms in total. The summed E-state index contributed by atoms with van der Waals surface area (Å²) in [6.07, 6.45) is 2.75. The highest BCUT2D eigenvalue weighted by atomic mass is 16.6. The number of amides is 5. The molecular formula is C49H60N6O9. The second-order valence-electron chi connectivity index (χ2n) is 15.7. The molecule has 0 saturated carbocycles. The zero-order valence-electron chi connectivity index (χ0n) is 36.3. The second-order valence-corrected chi connectivity index (χ2v) is 15.7. The van der Waals surface area contributed by atoms with Gasteiger partial charge in [0.1, 0.15) is 32.2 Å². The van der Waals surface area contributed by atoms with Crippen molar-refractivity contribution < 1.29 is 42.9 Å². The summed E-state index contributed by atoms with van der Waals surface area (Å²) in [4.78, 5) is 67.1. The van der Waals surface area contributed by atoms with Crippen LogP contribution in [0.2, 0.25) is 0 Å². The summed E-state index contributed by atoms with van der Waals surface area (Å²) < 4.78 is 22.8. The summed E-state index contributed by atoms with van der Waals surface area (Å²) in [5.41, 5.74) is 3.58. The highest BCUT2D eigenvalue weighted by Gasteiger charge is 2.48. The average Bonchev–Trinajstić information content (AvgIpc) is 4.06. The number of carbonyl (C=O) groups excluding carboxylic acids is 5. The first kappa shape index (κ1) is 47.2. The number of benzene rings is 4. The first-order valence-electron chi connectivity index (χ1n) is 22.3. The van der Waals surface area contributed by atoms with Crippen LogP contribution in [0, 0.1) is 0 Å². The van der Waals surface area contributed by atoms with Gasteiger partial charge in [-0.05, 0) is 87.0 Å². The Morgan fingerprint density at radius 1 is 0.578 bits per heavy atom. The van der Waals surface area contributed by atoms with E-state index in [9.17, 15) is 24.0 Å². The SMILES string of the molecule is O=C(NCCCNCCCC(C1OC1NCCCCCN1C(=O)c2ccccc2C1=O)N(CCCNC(=O)OCc1ccccc1)C(=O)OCc1ccccc1)OCc1ccccc1. The van der Waals surface area contributed by atoms with Crippen molar-refractivity contribution in [2.45, 2.75) is 83.1 Å². The molecule has 64 heavy (non-hydrogen) atoms. The molecule has 0 bridgehead atoms. The van der Waals surface area contributed by atoms with Gasteiger partial charge in [0.2, 0.25) is 0 Å². The number of nitrogens with one attached hydrogen (secondary N) is 4. The number of fused-ring (bicyclic) bond motifs is 1. The fourth-order valence-corrected chi connectivity index (χ4v) is 7.48. The predicted molar refractivity (Wildman–Crippen MR) is 240 cm³/mol. The number of alkyl carbamates (subject to hydrolysis) is 2. The number of hydrogen-bond donors (Lipinski definition) is 4. The Bertz CT molecular complexity index is 2040. The van der Waals surface area contributed by atoms with Crippen molar-refractivity contribution in [1.29, 1.82) is 0 Å². The molecule has 5 amide bonds. The molecule has 15 heteroatoms. The number of carbonyl (C=O) groups is 5. The average molecular weight is 877 g/mol. The Kier molecular flexibility index (Phi) is 19.0. The van der Waals surface area contributed by atoms with Crippen LogP contribution in [-0.2, 0) is 38.8 Å². The zero-order chi connectivity index (χ0) is 44.8. The van der Waals surface area contributed by atoms with E-state index < -0.39 is 18.3 Å². The van der Waals surface area contributed by atoms with E-state index in [0.717, 1.165) is 36.0 Å². The van der Waals surface area contributed by atoms with E-state index in [1.807, 2.05) is 91.0 Å². The van der Waals surface area contributed by atoms with E-state index in [2.05, 4.69) is 21.3 Å². The smallest absolute Gasteiger partial charge is 0.410 e. The third-order valence-electron chi connectivity index (χ3n) is 11.0. The lowest BCUT2D eigenvalue weighted by Crippen LogP contribution is -2.46. The van der Waals surface area contributed by atoms with Crippen LogP contribution < -0.4 is 21.3 Å². The minimum Gasteiger partial charge on any atom is -0.445 e. The van der Waals surface area contributed by atoms with Crippen LogP contribution in [-0.4, -0.2) is 104 Å². The number of epoxide rings is 1. The van der Waals surface area contributed by atoms with Crippen LogP contribution >= 0.6 is 0 Å². The zero-order valence-corrected chi connectivity index (χ0v) is 36.3. The Morgan fingerprint density at radius 3 is 1.67 bits per heavy atom. The van der Waals surface area contributed by atoms with Gasteiger partial charge in [0, 0.05) is 26.2 Å². The third kappa shape index (κ3) is 15.2. The number of nitrogens with zero attached hydrogens (tertiary/aromatic N) is 2. The quantitative estimate of drug-likeness (QED) is 0.0215. The summed E-state index contributed by atoms with van der Waals surface area (Å²) in [6.45, 7) is 3.89. The van der Waals surface area contributed by atoms with Gasteiger partial charge < -0.3 is 39.8 Å². The van der Waals surface area contributed by atoms with Gasteiger partial charge >= 0.3 is 18.3 Å². The third-order valence-corrected chi connectivity index (χ3v) is 11.0.